The van der Waals surface area contributed by atoms with Crippen molar-refractivity contribution in [2.75, 3.05) is 0 Å². The topological polar surface area (TPSA) is 58.2 Å². The van der Waals surface area contributed by atoms with Crippen molar-refractivity contribution >= 4 is 23.3 Å². The first-order valence-electron chi connectivity index (χ1n) is 4.81. The number of hydrogen-bond acceptors (Lipinski definition) is 3. The van der Waals surface area contributed by atoms with E-state index in [2.05, 4.69) is 17.6 Å². The summed E-state index contributed by atoms with van der Waals surface area (Å²) in [6.45, 7) is 2.06. The van der Waals surface area contributed by atoms with E-state index in [1.807, 2.05) is 17.5 Å². The lowest BCUT2D eigenvalue weighted by molar-refractivity contribution is -0.120. The van der Waals surface area contributed by atoms with Crippen molar-refractivity contribution in [2.24, 2.45) is 0 Å². The molecule has 1 saturated heterocycles. The molecule has 2 atom stereocenters. The predicted octanol–water partition coefficient (Wildman–Crippen LogP) is 1.45. The summed E-state index contributed by atoms with van der Waals surface area (Å²) in [6, 6.07) is 3.27. The Hall–Kier alpha value is -1.36. The predicted molar refractivity (Wildman–Crippen MR) is 57.8 cm³/mol. The summed E-state index contributed by atoms with van der Waals surface area (Å²) in [7, 11) is 0. The zero-order valence-corrected chi connectivity index (χ0v) is 9.14. The summed E-state index contributed by atoms with van der Waals surface area (Å²) in [5.41, 5.74) is 0. The van der Waals surface area contributed by atoms with E-state index >= 15 is 0 Å². The van der Waals surface area contributed by atoms with Crippen LogP contribution < -0.4 is 10.6 Å². The van der Waals surface area contributed by atoms with Crippen LogP contribution in [0.3, 0.4) is 0 Å². The maximum Gasteiger partial charge on any atom is 0.322 e. The van der Waals surface area contributed by atoms with Crippen LogP contribution in [0, 0.1) is 0 Å². The number of carbonyl (C=O) groups is 2. The molecular weight excluding hydrogens is 212 g/mol. The van der Waals surface area contributed by atoms with Gasteiger partial charge in [0.25, 0.3) is 5.91 Å². The van der Waals surface area contributed by atoms with Gasteiger partial charge in [-0.1, -0.05) is 13.0 Å². The molecule has 1 aliphatic rings. The van der Waals surface area contributed by atoms with E-state index < -0.39 is 0 Å². The quantitative estimate of drug-likeness (QED) is 0.763. The van der Waals surface area contributed by atoms with Crippen LogP contribution in [0.25, 0.3) is 0 Å². The molecule has 2 rings (SSSR count). The van der Waals surface area contributed by atoms with Gasteiger partial charge in [0.05, 0.1) is 0 Å². The number of nitrogens with one attached hydrogen (secondary N) is 2. The highest BCUT2D eigenvalue weighted by atomic mass is 32.1. The van der Waals surface area contributed by atoms with Gasteiger partial charge in [-0.2, -0.15) is 0 Å². The Bertz CT molecular complexity index is 375. The second-order valence-corrected chi connectivity index (χ2v) is 4.65. The van der Waals surface area contributed by atoms with Crippen molar-refractivity contribution < 1.29 is 9.59 Å². The Morgan fingerprint density at radius 1 is 1.53 bits per heavy atom. The standard InChI is InChI=1S/C10H12N2O2S/c1-6(8-3-2-4-15-8)5-7-9(13)12-10(14)11-7/h2-4,6-7H,5H2,1H3,(H2,11,12,13,14). The van der Waals surface area contributed by atoms with Crippen molar-refractivity contribution in [3.8, 4) is 0 Å². The number of thiophene rings is 1. The SMILES string of the molecule is CC(CC1NC(=O)NC1=O)c1cccs1. The van der Waals surface area contributed by atoms with Gasteiger partial charge in [0, 0.05) is 4.88 Å². The van der Waals surface area contributed by atoms with Gasteiger partial charge in [0.1, 0.15) is 6.04 Å². The van der Waals surface area contributed by atoms with Crippen molar-refractivity contribution in [2.45, 2.75) is 25.3 Å². The molecule has 5 heteroatoms. The van der Waals surface area contributed by atoms with E-state index in [1.165, 1.54) is 4.88 Å². The summed E-state index contributed by atoms with van der Waals surface area (Å²) < 4.78 is 0. The number of imide groups is 1. The molecule has 1 aromatic rings. The molecule has 3 amide bonds. The number of hydrogen-bond donors (Lipinski definition) is 2. The van der Waals surface area contributed by atoms with Crippen LogP contribution in [0.15, 0.2) is 17.5 Å². The number of rotatable bonds is 3. The average molecular weight is 224 g/mol. The first-order chi connectivity index (χ1) is 7.16. The van der Waals surface area contributed by atoms with Gasteiger partial charge in [0.15, 0.2) is 0 Å². The minimum Gasteiger partial charge on any atom is -0.326 e. The van der Waals surface area contributed by atoms with Crippen molar-refractivity contribution in [3.05, 3.63) is 22.4 Å². The Kier molecular flexibility index (Phi) is 2.73. The molecule has 15 heavy (non-hydrogen) atoms. The molecule has 1 aliphatic heterocycles. The van der Waals surface area contributed by atoms with Gasteiger partial charge >= 0.3 is 6.03 Å². The highest BCUT2D eigenvalue weighted by Gasteiger charge is 2.30. The number of carbonyl (C=O) groups excluding carboxylic acids is 2. The Labute approximate surface area is 91.7 Å². The molecule has 0 radical (unpaired) electrons. The average Bonchev–Trinajstić information content (AvgIpc) is 2.76. The molecule has 2 N–H and O–H groups in total. The molecule has 0 spiro atoms. The fourth-order valence-corrected chi connectivity index (χ4v) is 2.47. The zero-order valence-electron chi connectivity index (χ0n) is 8.32. The highest BCUT2D eigenvalue weighted by Crippen LogP contribution is 2.25. The van der Waals surface area contributed by atoms with Crippen LogP contribution in [0.2, 0.25) is 0 Å². The summed E-state index contributed by atoms with van der Waals surface area (Å²) in [5, 5.41) is 6.85. The molecule has 1 fully saturated rings. The third-order valence-electron chi connectivity index (χ3n) is 2.48. The van der Waals surface area contributed by atoms with Gasteiger partial charge in [-0.05, 0) is 23.8 Å². The van der Waals surface area contributed by atoms with E-state index in [1.54, 1.807) is 11.3 Å². The van der Waals surface area contributed by atoms with E-state index in [4.69, 9.17) is 0 Å². The molecule has 0 saturated carbocycles. The minimum atomic E-state index is -0.386. The molecule has 2 unspecified atom stereocenters. The van der Waals surface area contributed by atoms with Gasteiger partial charge < -0.3 is 5.32 Å². The lowest BCUT2D eigenvalue weighted by Gasteiger charge is -2.12. The number of urea groups is 1. The third kappa shape index (κ3) is 2.18. The highest BCUT2D eigenvalue weighted by molar-refractivity contribution is 7.10. The maximum absolute atomic E-state index is 11.3. The van der Waals surface area contributed by atoms with Gasteiger partial charge in [-0.25, -0.2) is 4.79 Å². The molecule has 0 aromatic carbocycles. The second kappa shape index (κ2) is 4.02. The lowest BCUT2D eigenvalue weighted by atomic mass is 10.0. The summed E-state index contributed by atoms with van der Waals surface area (Å²) in [6.07, 6.45) is 0.651. The Morgan fingerprint density at radius 2 is 2.33 bits per heavy atom. The monoisotopic (exact) mass is 224 g/mol. The molecule has 80 valence electrons. The normalized spacial score (nSPS) is 22.3. The van der Waals surface area contributed by atoms with Gasteiger partial charge in [-0.3, -0.25) is 10.1 Å². The van der Waals surface area contributed by atoms with Crippen molar-refractivity contribution in [3.63, 3.8) is 0 Å². The number of amides is 3. The summed E-state index contributed by atoms with van der Waals surface area (Å²) >= 11 is 1.67. The van der Waals surface area contributed by atoms with E-state index in [0.717, 1.165) is 0 Å². The largest absolute Gasteiger partial charge is 0.326 e. The molecule has 1 aromatic heterocycles. The molecule has 4 nitrogen and oxygen atoms in total. The fourth-order valence-electron chi connectivity index (χ4n) is 1.67. The van der Waals surface area contributed by atoms with Gasteiger partial charge in [0.2, 0.25) is 0 Å². The van der Waals surface area contributed by atoms with Crippen LogP contribution in [0.1, 0.15) is 24.1 Å². The zero-order chi connectivity index (χ0) is 10.8. The van der Waals surface area contributed by atoms with E-state index in [0.29, 0.717) is 12.3 Å². The first kappa shape index (κ1) is 10.2. The smallest absolute Gasteiger partial charge is 0.322 e. The minimum absolute atomic E-state index is 0.219. The van der Waals surface area contributed by atoms with Crippen LogP contribution in [-0.2, 0) is 4.79 Å². The fraction of sp³-hybridized carbons (Fsp3) is 0.400. The van der Waals surface area contributed by atoms with E-state index in [9.17, 15) is 9.59 Å². The Balaban J connectivity index is 1.98. The molecule has 0 aliphatic carbocycles. The second-order valence-electron chi connectivity index (χ2n) is 3.67. The maximum atomic E-state index is 11.3. The lowest BCUT2D eigenvalue weighted by Crippen LogP contribution is -2.30. The van der Waals surface area contributed by atoms with Crippen LogP contribution in [-0.4, -0.2) is 18.0 Å². The first-order valence-corrected chi connectivity index (χ1v) is 5.69. The Morgan fingerprint density at radius 3 is 2.87 bits per heavy atom. The summed E-state index contributed by atoms with van der Waals surface area (Å²) in [5.74, 6) is 0.0718. The van der Waals surface area contributed by atoms with Crippen molar-refractivity contribution in [1.82, 2.24) is 10.6 Å². The van der Waals surface area contributed by atoms with Crippen LogP contribution in [0.4, 0.5) is 4.79 Å². The molecule has 2 heterocycles. The third-order valence-corrected chi connectivity index (χ3v) is 3.58. The van der Waals surface area contributed by atoms with Crippen molar-refractivity contribution in [1.29, 1.82) is 0 Å². The van der Waals surface area contributed by atoms with Crippen LogP contribution in [0.5, 0.6) is 0 Å². The summed E-state index contributed by atoms with van der Waals surface area (Å²) in [4.78, 5) is 23.4. The molecular formula is C10H12N2O2S. The van der Waals surface area contributed by atoms with Crippen LogP contribution >= 0.6 is 11.3 Å². The van der Waals surface area contributed by atoms with Gasteiger partial charge in [-0.15, -0.1) is 11.3 Å². The van der Waals surface area contributed by atoms with E-state index in [-0.39, 0.29) is 18.0 Å². The molecule has 0 bridgehead atoms.